The molecule has 3 aliphatic heterocycles. The number of aromatic amines is 1. The third-order valence-corrected chi connectivity index (χ3v) is 20.3. The number of H-pyrrole nitrogens is 1. The van der Waals surface area contributed by atoms with Gasteiger partial charge < -0.3 is 89.4 Å². The number of aliphatic carboxylic acids is 1. The van der Waals surface area contributed by atoms with Crippen LogP contribution in [0.4, 0.5) is 0 Å². The number of hydrogen-bond donors (Lipinski definition) is 16. The molecule has 31 nitrogen and oxygen atoms in total. The molecule has 0 spiro atoms. The zero-order chi connectivity index (χ0) is 69.3. The quantitative estimate of drug-likeness (QED) is 0.0723. The van der Waals surface area contributed by atoms with E-state index in [1.54, 1.807) is 58.0 Å². The zero-order valence-corrected chi connectivity index (χ0v) is 56.0. The molecule has 17 N–H and O–H groups in total. The van der Waals surface area contributed by atoms with E-state index in [0.29, 0.717) is 29.7 Å². The first-order chi connectivity index (χ1) is 45.4. The molecule has 0 unspecified atom stereocenters. The maximum atomic E-state index is 15.0. The van der Waals surface area contributed by atoms with Crippen molar-refractivity contribution in [1.82, 2.24) is 73.4 Å². The Labute approximate surface area is 563 Å². The van der Waals surface area contributed by atoms with Crippen LogP contribution in [0.2, 0.25) is 0 Å². The largest absolute Gasteiger partial charge is 0.508 e. The molecule has 3 aliphatic rings. The summed E-state index contributed by atoms with van der Waals surface area (Å²) in [5, 5.41) is 59.9. The highest BCUT2D eigenvalue weighted by Gasteiger charge is 2.42. The molecule has 4 heterocycles. The molecule has 0 radical (unpaired) electrons. The molecule has 1 aromatic heterocycles. The predicted molar refractivity (Wildman–Crippen MR) is 354 cm³/mol. The molecule has 35 heteroatoms. The van der Waals surface area contributed by atoms with E-state index in [9.17, 15) is 77.6 Å². The van der Waals surface area contributed by atoms with Gasteiger partial charge >= 0.3 is 5.97 Å². The van der Waals surface area contributed by atoms with Crippen LogP contribution in [0.1, 0.15) is 76.6 Å². The van der Waals surface area contributed by atoms with Gasteiger partial charge in [0.25, 0.3) is 0 Å². The number of imidazole rings is 1. The van der Waals surface area contributed by atoms with E-state index in [1.807, 2.05) is 0 Å². The fourth-order valence-electron chi connectivity index (χ4n) is 10.2. The molecule has 3 aromatic rings. The van der Waals surface area contributed by atoms with Crippen molar-refractivity contribution in [3.8, 4) is 5.75 Å². The molecule has 0 aliphatic carbocycles. The number of carbonyl (C=O) groups excluding carboxylic acids is 12. The van der Waals surface area contributed by atoms with Gasteiger partial charge in [0.15, 0.2) is 0 Å². The number of carboxylic acid groups (broad SMARTS) is 1. The van der Waals surface area contributed by atoms with E-state index in [1.165, 1.54) is 41.7 Å². The summed E-state index contributed by atoms with van der Waals surface area (Å²) >= 11 is 0. The van der Waals surface area contributed by atoms with Crippen molar-refractivity contribution < 1.29 is 77.6 Å². The highest BCUT2D eigenvalue weighted by molar-refractivity contribution is 8.77. The fraction of sp³-hybridized carbons (Fsp3) is 0.533. The first-order valence-electron chi connectivity index (χ1n) is 30.9. The summed E-state index contributed by atoms with van der Waals surface area (Å²) in [6, 6.07) is -3.90. The van der Waals surface area contributed by atoms with Crippen LogP contribution in [0.3, 0.4) is 0 Å². The van der Waals surface area contributed by atoms with Crippen molar-refractivity contribution in [1.29, 1.82) is 0 Å². The molecule has 6 rings (SSSR count). The zero-order valence-electron chi connectivity index (χ0n) is 52.7. The third-order valence-electron chi connectivity index (χ3n) is 15.5. The summed E-state index contributed by atoms with van der Waals surface area (Å²) in [6.07, 6.45) is 2.76. The number of benzene rings is 2. The number of nitrogens with one attached hydrogen (secondary N) is 12. The van der Waals surface area contributed by atoms with Crippen molar-refractivity contribution in [2.75, 3.05) is 42.7 Å². The standard InChI is InChI=1S/C60H83N15O16S4/c1-5-11-37-50(80)67-39(21-33-15-17-35(77)18-16-33)52(82)73-45(60(90)91)29-95-94-27-43-56(86)70-41(25-76)53(83)69-40(22-34-24-62-30-63-34)59(89)75-19-10-14-46(75)57(87)74-48(31(3)4)58(88)72-44(28-93-92-26-42(54(84)71-43)64-47(78)23-61)55(85)68-38(20-32-12-8-7-9-13-32)51(81)65-36(6-2)49(79)66-37/h7-9,12-13,15-18,24,30-31,36-46,48,76-77H,5-6,10-11,14,19-23,25-29,61H2,1-4H3,(H,62,63)(H,64,78)(H,65,81)(H,66,79)(H,67,80)(H,68,85)(H,69,83)(H,70,86)(H,71,84)(H,72,88)(H,73,82)(H,74,87)(H,90,91)/t36-,37-,38-,39-,40-,41-,42-,43-,44-,45-,46-,48-/m0/s1. The van der Waals surface area contributed by atoms with Gasteiger partial charge in [0, 0.05) is 60.7 Å². The van der Waals surface area contributed by atoms with Crippen LogP contribution in [0, 0.1) is 5.92 Å². The van der Waals surface area contributed by atoms with Crippen LogP contribution in [0.15, 0.2) is 67.1 Å². The number of amides is 12. The van der Waals surface area contributed by atoms with Gasteiger partial charge in [0.1, 0.15) is 78.3 Å². The van der Waals surface area contributed by atoms with Crippen molar-refractivity contribution in [2.24, 2.45) is 11.7 Å². The van der Waals surface area contributed by atoms with Crippen molar-refractivity contribution in [3.63, 3.8) is 0 Å². The van der Waals surface area contributed by atoms with E-state index in [2.05, 4.69) is 68.5 Å². The molecule has 12 amide bonds. The second kappa shape index (κ2) is 37.8. The number of aromatic hydroxyl groups is 1. The molecule has 518 valence electrons. The molecular weight excluding hydrogens is 1320 g/mol. The predicted octanol–water partition coefficient (Wildman–Crippen LogP) is -2.84. The van der Waals surface area contributed by atoms with Gasteiger partial charge in [-0.1, -0.05) is 120 Å². The Bertz CT molecular complexity index is 3180. The first-order valence-corrected chi connectivity index (χ1v) is 35.9. The van der Waals surface area contributed by atoms with Crippen LogP contribution in [-0.4, -0.2) is 222 Å². The fourth-order valence-corrected chi connectivity index (χ4v) is 14.9. The number of aliphatic hydroxyl groups is 1. The van der Waals surface area contributed by atoms with Gasteiger partial charge in [-0.2, -0.15) is 0 Å². The number of carboxylic acids is 1. The van der Waals surface area contributed by atoms with Gasteiger partial charge in [-0.3, -0.25) is 57.5 Å². The van der Waals surface area contributed by atoms with Crippen molar-refractivity contribution >= 4 is 120 Å². The molecule has 95 heavy (non-hydrogen) atoms. The topological polar surface area (TPSA) is 473 Å². The van der Waals surface area contributed by atoms with Gasteiger partial charge in [-0.05, 0) is 54.9 Å². The van der Waals surface area contributed by atoms with E-state index in [0.717, 1.165) is 43.2 Å². The van der Waals surface area contributed by atoms with Crippen molar-refractivity contribution in [3.05, 3.63) is 83.9 Å². The number of carbonyl (C=O) groups is 13. The summed E-state index contributed by atoms with van der Waals surface area (Å²) in [5.74, 6) is -14.7. The second-order valence-electron chi connectivity index (χ2n) is 23.0. The molecule has 2 aromatic carbocycles. The molecule has 2 bridgehead atoms. The monoisotopic (exact) mass is 1400 g/mol. The van der Waals surface area contributed by atoms with Gasteiger partial charge in [0.05, 0.1) is 19.5 Å². The van der Waals surface area contributed by atoms with Crippen LogP contribution >= 0.6 is 43.2 Å². The number of nitrogens with zero attached hydrogens (tertiary/aromatic N) is 2. The number of hydrogen-bond acceptors (Lipinski definition) is 21. The van der Waals surface area contributed by atoms with Gasteiger partial charge in [-0.25, -0.2) is 9.78 Å². The average Bonchev–Trinajstić information content (AvgIpc) is 1.78. The molecular formula is C60H83N15O16S4. The van der Waals surface area contributed by atoms with E-state index in [4.69, 9.17) is 5.73 Å². The maximum absolute atomic E-state index is 15.0. The van der Waals surface area contributed by atoms with Crippen LogP contribution in [0.5, 0.6) is 5.75 Å². The molecule has 3 saturated heterocycles. The van der Waals surface area contributed by atoms with Crippen LogP contribution in [-0.2, 0) is 81.6 Å². The van der Waals surface area contributed by atoms with Gasteiger partial charge in [-0.15, -0.1) is 0 Å². The number of phenolic OH excluding ortho intramolecular Hbond substituents is 1. The van der Waals surface area contributed by atoms with Gasteiger partial charge in [0.2, 0.25) is 70.9 Å². The number of phenols is 1. The lowest BCUT2D eigenvalue weighted by Crippen LogP contribution is -2.62. The number of nitrogens with two attached hydrogens (primary N) is 1. The minimum Gasteiger partial charge on any atom is -0.508 e. The Morgan fingerprint density at radius 1 is 0.611 bits per heavy atom. The van der Waals surface area contributed by atoms with Crippen LogP contribution in [0.25, 0.3) is 0 Å². The molecule has 0 saturated carbocycles. The number of aromatic nitrogens is 2. The third kappa shape index (κ3) is 23.1. The van der Waals surface area contributed by atoms with E-state index < -0.39 is 180 Å². The Hall–Kier alpha value is -8.12. The number of rotatable bonds is 14. The summed E-state index contributed by atoms with van der Waals surface area (Å²) < 4.78 is 0. The van der Waals surface area contributed by atoms with Crippen LogP contribution < -0.4 is 64.2 Å². The Morgan fingerprint density at radius 2 is 1.15 bits per heavy atom. The lowest BCUT2D eigenvalue weighted by molar-refractivity contribution is -0.143. The molecule has 12 atom stereocenters. The normalized spacial score (nSPS) is 26.8. The summed E-state index contributed by atoms with van der Waals surface area (Å²) in [4.78, 5) is 194. The lowest BCUT2D eigenvalue weighted by atomic mass is 10.0. The SMILES string of the molecule is CCC[C@@H]1NC(=O)[C@H](CC)NC(=O)[C@H](Cc2ccccc2)NC(=O)[C@@H]2CSSC[C@H](NC(=O)CN)C(=O)N[C@@H](CSSC[C@@H](C(=O)O)NC(=O)[C@H](Cc3ccc(O)cc3)NC1=O)C(=O)N[C@@H](CO)C(=O)N[C@@H](Cc1cnc[nH]1)C(=O)N1CCC[C@H]1C(=O)N[C@@H](C(C)C)C(=O)N2. The van der Waals surface area contributed by atoms with E-state index >= 15 is 0 Å². The maximum Gasteiger partial charge on any atom is 0.327 e. The highest BCUT2D eigenvalue weighted by Crippen LogP contribution is 2.27. The minimum absolute atomic E-state index is 0.0146. The van der Waals surface area contributed by atoms with E-state index in [-0.39, 0.29) is 62.3 Å². The summed E-state index contributed by atoms with van der Waals surface area (Å²) in [5.41, 5.74) is 7.00. The highest BCUT2D eigenvalue weighted by atomic mass is 33.1. The first kappa shape index (κ1) is 75.9. The lowest BCUT2D eigenvalue weighted by Gasteiger charge is -2.31. The summed E-state index contributed by atoms with van der Waals surface area (Å²) in [7, 11) is 3.49. The Morgan fingerprint density at radius 3 is 1.74 bits per heavy atom. The molecule has 3 fully saturated rings. The minimum atomic E-state index is -1.82. The Kier molecular flexibility index (Phi) is 30.2. The number of fused-ring (bicyclic) bond motifs is 9. The number of aliphatic hydroxyl groups excluding tert-OH is 1. The average molecular weight is 1400 g/mol. The Balaban J connectivity index is 1.47. The smallest absolute Gasteiger partial charge is 0.327 e. The second-order valence-corrected chi connectivity index (χ2v) is 28.1. The van der Waals surface area contributed by atoms with Crippen molar-refractivity contribution in [2.45, 2.75) is 152 Å². The summed E-state index contributed by atoms with van der Waals surface area (Å²) in [6.45, 7) is 4.91.